The van der Waals surface area contributed by atoms with Crippen LogP contribution in [0.1, 0.15) is 52.4 Å². The molecule has 0 aromatic carbocycles. The molecule has 0 spiro atoms. The van der Waals surface area contributed by atoms with Gasteiger partial charge in [-0.1, -0.05) is 6.58 Å². The van der Waals surface area contributed by atoms with Gasteiger partial charge in [0.25, 0.3) is 0 Å². The first-order valence-corrected chi connectivity index (χ1v) is 8.47. The summed E-state index contributed by atoms with van der Waals surface area (Å²) in [5, 5.41) is 0. The molecule has 0 aromatic heterocycles. The molecule has 1 heterocycles. The Balaban J connectivity index is 2.04. The molecule has 3 atom stereocenters. The summed E-state index contributed by atoms with van der Waals surface area (Å²) < 4.78 is 16.0. The lowest BCUT2D eigenvalue weighted by Crippen LogP contribution is -2.55. The Bertz CT molecular complexity index is 534. The lowest BCUT2D eigenvalue weighted by atomic mass is 9.72. The van der Waals surface area contributed by atoms with Crippen LogP contribution in [0.3, 0.4) is 0 Å². The number of Topliss-reactive ketones (excluding diaryl/α,β-unsaturated/α-hetero) is 1. The summed E-state index contributed by atoms with van der Waals surface area (Å²) in [6.45, 7) is 6.91. The fourth-order valence-electron chi connectivity index (χ4n) is 3.42. The zero-order chi connectivity index (χ0) is 17.9. The van der Waals surface area contributed by atoms with Gasteiger partial charge in [0.2, 0.25) is 0 Å². The Kier molecular flexibility index (Phi) is 5.80. The van der Waals surface area contributed by atoms with Gasteiger partial charge in [0.1, 0.15) is 6.10 Å². The lowest BCUT2D eigenvalue weighted by molar-refractivity contribution is -0.176. The second-order valence-electron chi connectivity index (χ2n) is 6.75. The molecule has 0 aromatic rings. The van der Waals surface area contributed by atoms with Crippen LogP contribution in [0.15, 0.2) is 12.2 Å². The van der Waals surface area contributed by atoms with Gasteiger partial charge in [0.15, 0.2) is 11.2 Å². The fraction of sp³-hybridized carbons (Fsp3) is 0.722. The molecule has 134 valence electrons. The van der Waals surface area contributed by atoms with Gasteiger partial charge in [-0.05, 0) is 46.0 Å². The van der Waals surface area contributed by atoms with Crippen molar-refractivity contribution in [1.82, 2.24) is 0 Å². The largest absolute Gasteiger partial charge is 0.468 e. The number of carbonyl (C=O) groups excluding carboxylic acids is 3. The van der Waals surface area contributed by atoms with Crippen LogP contribution in [0.2, 0.25) is 0 Å². The lowest BCUT2D eigenvalue weighted by Gasteiger charge is -2.41. The number of esters is 2. The first-order chi connectivity index (χ1) is 11.3. The summed E-state index contributed by atoms with van der Waals surface area (Å²) in [4.78, 5) is 36.8. The Morgan fingerprint density at radius 1 is 1.33 bits per heavy atom. The van der Waals surface area contributed by atoms with E-state index in [1.54, 1.807) is 6.92 Å². The van der Waals surface area contributed by atoms with Crippen molar-refractivity contribution >= 4 is 17.7 Å². The highest BCUT2D eigenvalue weighted by atomic mass is 16.5. The van der Waals surface area contributed by atoms with Crippen LogP contribution in [0, 0.1) is 5.41 Å². The summed E-state index contributed by atoms with van der Waals surface area (Å²) in [6.07, 6.45) is 3.05. The maximum absolute atomic E-state index is 12.6. The maximum Gasteiger partial charge on any atom is 0.322 e. The highest BCUT2D eigenvalue weighted by molar-refractivity contribution is 6.13. The van der Waals surface area contributed by atoms with E-state index in [0.717, 1.165) is 25.7 Å². The van der Waals surface area contributed by atoms with E-state index in [0.29, 0.717) is 0 Å². The molecule has 0 amide bonds. The maximum atomic E-state index is 12.6. The first kappa shape index (κ1) is 18.6. The van der Waals surface area contributed by atoms with E-state index in [1.807, 2.05) is 0 Å². The van der Waals surface area contributed by atoms with Crippen molar-refractivity contribution in [2.45, 2.75) is 70.7 Å². The standard InChI is InChI=1S/C18H26O6/c1-11-12(2)23-14(18(3,16(11)20)17(21)22-4)9-10-15(19)24-13-7-5-6-8-13/h12-14H,1,5-10H2,2-4H3/t12-,14+,18-/m1/s1. The monoisotopic (exact) mass is 338 g/mol. The summed E-state index contributed by atoms with van der Waals surface area (Å²) in [5.41, 5.74) is -1.24. The Morgan fingerprint density at radius 3 is 2.54 bits per heavy atom. The van der Waals surface area contributed by atoms with Crippen molar-refractivity contribution in [2.24, 2.45) is 5.41 Å². The summed E-state index contributed by atoms with van der Waals surface area (Å²) in [7, 11) is 1.23. The van der Waals surface area contributed by atoms with Crippen LogP contribution in [0.4, 0.5) is 0 Å². The molecular weight excluding hydrogens is 312 g/mol. The number of methoxy groups -OCH3 is 1. The summed E-state index contributed by atoms with van der Waals surface area (Å²) in [5.74, 6) is -1.38. The molecule has 1 saturated heterocycles. The van der Waals surface area contributed by atoms with Gasteiger partial charge in [0, 0.05) is 12.0 Å². The number of carbonyl (C=O) groups is 3. The number of ether oxygens (including phenoxy) is 3. The van der Waals surface area contributed by atoms with E-state index < -0.39 is 23.6 Å². The molecule has 6 heteroatoms. The Labute approximate surface area is 142 Å². The molecule has 2 rings (SSSR count). The molecule has 24 heavy (non-hydrogen) atoms. The molecule has 2 aliphatic rings. The normalized spacial score (nSPS) is 31.1. The average molecular weight is 338 g/mol. The number of hydrogen-bond donors (Lipinski definition) is 0. The molecule has 0 radical (unpaired) electrons. The minimum Gasteiger partial charge on any atom is -0.468 e. The van der Waals surface area contributed by atoms with Gasteiger partial charge >= 0.3 is 11.9 Å². The quantitative estimate of drug-likeness (QED) is 0.435. The Hall–Kier alpha value is -1.69. The van der Waals surface area contributed by atoms with Crippen LogP contribution in [0.25, 0.3) is 0 Å². The fourth-order valence-corrected chi connectivity index (χ4v) is 3.42. The predicted octanol–water partition coefficient (Wildman–Crippen LogP) is 2.34. The van der Waals surface area contributed by atoms with Crippen molar-refractivity contribution in [1.29, 1.82) is 0 Å². The predicted molar refractivity (Wildman–Crippen MR) is 86.2 cm³/mol. The van der Waals surface area contributed by atoms with Gasteiger partial charge in [-0.2, -0.15) is 0 Å². The molecule has 6 nitrogen and oxygen atoms in total. The smallest absolute Gasteiger partial charge is 0.322 e. The Morgan fingerprint density at radius 2 is 1.96 bits per heavy atom. The van der Waals surface area contributed by atoms with Crippen molar-refractivity contribution in [3.63, 3.8) is 0 Å². The molecule has 1 aliphatic heterocycles. The SMILES string of the molecule is C=C1C(=O)[C@](C)(C(=O)OC)[C@H](CCC(=O)OC2CCCC2)O[C@@H]1C. The highest BCUT2D eigenvalue weighted by Crippen LogP contribution is 2.39. The minimum atomic E-state index is -1.48. The zero-order valence-electron chi connectivity index (χ0n) is 14.6. The van der Waals surface area contributed by atoms with Crippen molar-refractivity contribution in [3.8, 4) is 0 Å². The van der Waals surface area contributed by atoms with Gasteiger partial charge in [0.05, 0.1) is 19.3 Å². The summed E-state index contributed by atoms with van der Waals surface area (Å²) in [6, 6.07) is 0. The van der Waals surface area contributed by atoms with Crippen LogP contribution in [-0.2, 0) is 28.6 Å². The molecule has 2 fully saturated rings. The van der Waals surface area contributed by atoms with E-state index in [9.17, 15) is 14.4 Å². The third kappa shape index (κ3) is 3.53. The van der Waals surface area contributed by atoms with Gasteiger partial charge in [-0.3, -0.25) is 14.4 Å². The van der Waals surface area contributed by atoms with E-state index in [-0.39, 0.29) is 36.3 Å². The van der Waals surface area contributed by atoms with E-state index in [4.69, 9.17) is 14.2 Å². The third-order valence-corrected chi connectivity index (χ3v) is 5.09. The van der Waals surface area contributed by atoms with Gasteiger partial charge < -0.3 is 14.2 Å². The van der Waals surface area contributed by atoms with Crippen LogP contribution < -0.4 is 0 Å². The van der Waals surface area contributed by atoms with Gasteiger partial charge in [-0.15, -0.1) is 0 Å². The topological polar surface area (TPSA) is 78.9 Å². The molecule has 0 unspecified atom stereocenters. The van der Waals surface area contributed by atoms with Crippen molar-refractivity contribution in [2.75, 3.05) is 7.11 Å². The zero-order valence-corrected chi connectivity index (χ0v) is 14.6. The number of rotatable bonds is 5. The summed E-state index contributed by atoms with van der Waals surface area (Å²) >= 11 is 0. The first-order valence-electron chi connectivity index (χ1n) is 8.47. The van der Waals surface area contributed by atoms with Crippen LogP contribution >= 0.6 is 0 Å². The minimum absolute atomic E-state index is 0.00269. The van der Waals surface area contributed by atoms with E-state index >= 15 is 0 Å². The molecule has 0 N–H and O–H groups in total. The van der Waals surface area contributed by atoms with Crippen molar-refractivity contribution < 1.29 is 28.6 Å². The second-order valence-corrected chi connectivity index (χ2v) is 6.75. The molecule has 1 saturated carbocycles. The van der Waals surface area contributed by atoms with Gasteiger partial charge in [-0.25, -0.2) is 0 Å². The highest BCUT2D eigenvalue weighted by Gasteiger charge is 2.54. The van der Waals surface area contributed by atoms with Crippen LogP contribution in [-0.4, -0.2) is 43.1 Å². The van der Waals surface area contributed by atoms with E-state index in [2.05, 4.69) is 6.58 Å². The number of ketones is 1. The molecule has 0 bridgehead atoms. The molecular formula is C18H26O6. The number of hydrogen-bond acceptors (Lipinski definition) is 6. The average Bonchev–Trinajstić information content (AvgIpc) is 3.07. The second kappa shape index (κ2) is 7.47. The van der Waals surface area contributed by atoms with Crippen LogP contribution in [0.5, 0.6) is 0 Å². The van der Waals surface area contributed by atoms with Crippen molar-refractivity contribution in [3.05, 3.63) is 12.2 Å². The molecule has 1 aliphatic carbocycles. The third-order valence-electron chi connectivity index (χ3n) is 5.09. The van der Waals surface area contributed by atoms with E-state index in [1.165, 1.54) is 14.0 Å².